The van der Waals surface area contributed by atoms with Crippen LogP contribution in [0.25, 0.3) is 0 Å². The van der Waals surface area contributed by atoms with E-state index in [9.17, 15) is 0 Å². The molecule has 0 amide bonds. The molecule has 0 aliphatic rings. The highest BCUT2D eigenvalue weighted by molar-refractivity contribution is 6.32. The van der Waals surface area contributed by atoms with E-state index < -0.39 is 0 Å². The molecular formula is C13H19ClO. The number of ether oxygens (including phenoxy) is 1. The van der Waals surface area contributed by atoms with Crippen molar-refractivity contribution >= 4 is 11.6 Å². The lowest BCUT2D eigenvalue weighted by Gasteiger charge is -2.08. The summed E-state index contributed by atoms with van der Waals surface area (Å²) in [5.41, 5.74) is 1.17. The Morgan fingerprint density at radius 3 is 2.67 bits per heavy atom. The highest BCUT2D eigenvalue weighted by Crippen LogP contribution is 2.25. The first-order valence-corrected chi connectivity index (χ1v) is 6.00. The van der Waals surface area contributed by atoms with Crippen LogP contribution in [-0.2, 0) is 0 Å². The third-order valence-electron chi connectivity index (χ3n) is 2.34. The fourth-order valence-corrected chi connectivity index (χ4v) is 1.72. The average Bonchev–Trinajstić information content (AvgIpc) is 2.20. The molecule has 2 heteroatoms. The standard InChI is InChI=1S/C13H19ClO/c1-3-4-5-6-9-15-13-8-7-11(2)10-12(13)14/h7-8,10H,3-6,9H2,1-2H3. The van der Waals surface area contributed by atoms with E-state index in [4.69, 9.17) is 16.3 Å². The van der Waals surface area contributed by atoms with Crippen molar-refractivity contribution in [3.63, 3.8) is 0 Å². The van der Waals surface area contributed by atoms with Crippen molar-refractivity contribution in [3.05, 3.63) is 28.8 Å². The van der Waals surface area contributed by atoms with Crippen LogP contribution in [0.2, 0.25) is 5.02 Å². The molecule has 0 aliphatic carbocycles. The van der Waals surface area contributed by atoms with E-state index in [-0.39, 0.29) is 0 Å². The highest BCUT2D eigenvalue weighted by Gasteiger charge is 2.00. The molecule has 0 radical (unpaired) electrons. The minimum atomic E-state index is 0.713. The van der Waals surface area contributed by atoms with Gasteiger partial charge in [0.25, 0.3) is 0 Å². The fourth-order valence-electron chi connectivity index (χ4n) is 1.43. The van der Waals surface area contributed by atoms with E-state index >= 15 is 0 Å². The van der Waals surface area contributed by atoms with Gasteiger partial charge in [0.2, 0.25) is 0 Å². The fraction of sp³-hybridized carbons (Fsp3) is 0.538. The Kier molecular flexibility index (Phi) is 5.56. The van der Waals surface area contributed by atoms with E-state index in [1.54, 1.807) is 0 Å². The van der Waals surface area contributed by atoms with Crippen LogP contribution in [0, 0.1) is 6.92 Å². The molecule has 0 spiro atoms. The lowest BCUT2D eigenvalue weighted by Crippen LogP contribution is -1.97. The molecular weight excluding hydrogens is 208 g/mol. The highest BCUT2D eigenvalue weighted by atomic mass is 35.5. The Balaban J connectivity index is 2.31. The predicted octanol–water partition coefficient (Wildman–Crippen LogP) is 4.61. The lowest BCUT2D eigenvalue weighted by atomic mass is 10.2. The van der Waals surface area contributed by atoms with Crippen LogP contribution in [0.4, 0.5) is 0 Å². The minimum Gasteiger partial charge on any atom is -0.492 e. The summed E-state index contributed by atoms with van der Waals surface area (Å²) in [4.78, 5) is 0. The summed E-state index contributed by atoms with van der Waals surface area (Å²) in [5.74, 6) is 0.804. The topological polar surface area (TPSA) is 9.23 Å². The molecule has 1 nitrogen and oxygen atoms in total. The molecule has 0 aliphatic heterocycles. The second-order valence-corrected chi connectivity index (χ2v) is 4.25. The van der Waals surface area contributed by atoms with Crippen LogP contribution in [0.15, 0.2) is 18.2 Å². The molecule has 0 N–H and O–H groups in total. The van der Waals surface area contributed by atoms with Gasteiger partial charge in [0.05, 0.1) is 11.6 Å². The molecule has 0 heterocycles. The molecule has 0 saturated heterocycles. The number of aryl methyl sites for hydroxylation is 1. The summed E-state index contributed by atoms with van der Waals surface area (Å²) in [7, 11) is 0. The molecule has 15 heavy (non-hydrogen) atoms. The van der Waals surface area contributed by atoms with Crippen molar-refractivity contribution in [2.75, 3.05) is 6.61 Å². The Labute approximate surface area is 97.4 Å². The van der Waals surface area contributed by atoms with Crippen LogP contribution in [0.1, 0.15) is 38.2 Å². The van der Waals surface area contributed by atoms with Crippen molar-refractivity contribution in [1.82, 2.24) is 0 Å². The minimum absolute atomic E-state index is 0.713. The van der Waals surface area contributed by atoms with E-state index in [0.29, 0.717) is 5.02 Å². The summed E-state index contributed by atoms with van der Waals surface area (Å²) < 4.78 is 5.61. The molecule has 1 aromatic rings. The Bertz CT molecular complexity index is 297. The van der Waals surface area contributed by atoms with Gasteiger partial charge in [-0.25, -0.2) is 0 Å². The van der Waals surface area contributed by atoms with Crippen molar-refractivity contribution < 1.29 is 4.74 Å². The van der Waals surface area contributed by atoms with E-state index in [1.165, 1.54) is 24.8 Å². The van der Waals surface area contributed by atoms with Crippen LogP contribution in [0.3, 0.4) is 0 Å². The molecule has 1 rings (SSSR count). The summed E-state index contributed by atoms with van der Waals surface area (Å²) in [6.07, 6.45) is 4.88. The van der Waals surface area contributed by atoms with Crippen LogP contribution in [0.5, 0.6) is 5.75 Å². The Morgan fingerprint density at radius 2 is 2.00 bits per heavy atom. The summed E-state index contributed by atoms with van der Waals surface area (Å²) >= 11 is 6.04. The Morgan fingerprint density at radius 1 is 1.20 bits per heavy atom. The van der Waals surface area contributed by atoms with Gasteiger partial charge in [0.1, 0.15) is 5.75 Å². The quantitative estimate of drug-likeness (QED) is 0.644. The lowest BCUT2D eigenvalue weighted by molar-refractivity contribution is 0.305. The molecule has 1 aromatic carbocycles. The van der Waals surface area contributed by atoms with Crippen LogP contribution >= 0.6 is 11.6 Å². The van der Waals surface area contributed by atoms with E-state index in [1.807, 2.05) is 25.1 Å². The molecule has 0 unspecified atom stereocenters. The normalized spacial score (nSPS) is 10.3. The third kappa shape index (κ3) is 4.57. The smallest absolute Gasteiger partial charge is 0.137 e. The number of hydrogen-bond donors (Lipinski definition) is 0. The number of benzene rings is 1. The van der Waals surface area contributed by atoms with Crippen molar-refractivity contribution in [2.24, 2.45) is 0 Å². The van der Waals surface area contributed by atoms with Crippen molar-refractivity contribution in [2.45, 2.75) is 39.5 Å². The largest absolute Gasteiger partial charge is 0.492 e. The maximum atomic E-state index is 6.04. The number of hydrogen-bond acceptors (Lipinski definition) is 1. The Hall–Kier alpha value is -0.690. The van der Waals surface area contributed by atoms with Gasteiger partial charge in [0, 0.05) is 0 Å². The van der Waals surface area contributed by atoms with Gasteiger partial charge in [-0.15, -0.1) is 0 Å². The van der Waals surface area contributed by atoms with E-state index in [0.717, 1.165) is 18.8 Å². The second-order valence-electron chi connectivity index (χ2n) is 3.84. The number of halogens is 1. The maximum Gasteiger partial charge on any atom is 0.137 e. The van der Waals surface area contributed by atoms with Gasteiger partial charge in [-0.05, 0) is 31.0 Å². The summed E-state index contributed by atoms with van der Waals surface area (Å²) in [6, 6.07) is 5.90. The zero-order valence-electron chi connectivity index (χ0n) is 9.55. The van der Waals surface area contributed by atoms with Crippen LogP contribution < -0.4 is 4.74 Å². The average molecular weight is 227 g/mol. The second kappa shape index (κ2) is 6.73. The van der Waals surface area contributed by atoms with Gasteiger partial charge in [-0.3, -0.25) is 0 Å². The molecule has 84 valence electrons. The monoisotopic (exact) mass is 226 g/mol. The maximum absolute atomic E-state index is 6.04. The zero-order chi connectivity index (χ0) is 11.1. The van der Waals surface area contributed by atoms with Gasteiger partial charge < -0.3 is 4.74 Å². The SMILES string of the molecule is CCCCCCOc1ccc(C)cc1Cl. The van der Waals surface area contributed by atoms with Gasteiger partial charge in [0.15, 0.2) is 0 Å². The molecule has 0 saturated carbocycles. The van der Waals surface area contributed by atoms with Gasteiger partial charge >= 0.3 is 0 Å². The molecule has 0 fully saturated rings. The van der Waals surface area contributed by atoms with Gasteiger partial charge in [-0.2, -0.15) is 0 Å². The molecule has 0 aromatic heterocycles. The zero-order valence-corrected chi connectivity index (χ0v) is 10.3. The third-order valence-corrected chi connectivity index (χ3v) is 2.64. The molecule has 0 bridgehead atoms. The van der Waals surface area contributed by atoms with Gasteiger partial charge in [-0.1, -0.05) is 43.9 Å². The van der Waals surface area contributed by atoms with Crippen LogP contribution in [-0.4, -0.2) is 6.61 Å². The van der Waals surface area contributed by atoms with Crippen molar-refractivity contribution in [3.8, 4) is 5.75 Å². The van der Waals surface area contributed by atoms with Crippen molar-refractivity contribution in [1.29, 1.82) is 0 Å². The number of unbranched alkanes of at least 4 members (excludes halogenated alkanes) is 3. The first-order valence-electron chi connectivity index (χ1n) is 5.63. The van der Waals surface area contributed by atoms with E-state index in [2.05, 4.69) is 6.92 Å². The number of rotatable bonds is 6. The first-order chi connectivity index (χ1) is 7.24. The molecule has 0 atom stereocenters. The summed E-state index contributed by atoms with van der Waals surface area (Å²) in [5, 5.41) is 0.713. The first kappa shape index (κ1) is 12.4. The summed E-state index contributed by atoms with van der Waals surface area (Å²) in [6.45, 7) is 5.00. The predicted molar refractivity (Wildman–Crippen MR) is 65.8 cm³/mol.